The first-order valence-corrected chi connectivity index (χ1v) is 8.52. The van der Waals surface area contributed by atoms with Crippen LogP contribution in [0.4, 0.5) is 0 Å². The van der Waals surface area contributed by atoms with E-state index in [9.17, 15) is 0 Å². The maximum absolute atomic E-state index is 6.32. The van der Waals surface area contributed by atoms with Crippen molar-refractivity contribution < 1.29 is 0 Å². The molecule has 0 fully saturated rings. The van der Waals surface area contributed by atoms with Gasteiger partial charge in [-0.3, -0.25) is 4.68 Å². The second-order valence-electron chi connectivity index (χ2n) is 4.29. The predicted molar refractivity (Wildman–Crippen MR) is 88.2 cm³/mol. The quantitative estimate of drug-likeness (QED) is 0.780. The molecule has 0 saturated heterocycles. The summed E-state index contributed by atoms with van der Waals surface area (Å²) in [6.07, 6.45) is 0.800. The molecule has 19 heavy (non-hydrogen) atoms. The summed E-state index contributed by atoms with van der Waals surface area (Å²) in [5.41, 5.74) is 3.15. The topological polar surface area (TPSA) is 29.9 Å². The van der Waals surface area contributed by atoms with E-state index in [0.717, 1.165) is 30.4 Å². The van der Waals surface area contributed by atoms with Crippen LogP contribution in [0, 0.1) is 6.92 Å². The summed E-state index contributed by atoms with van der Waals surface area (Å²) >= 11 is 15.1. The number of hydrogen-bond acceptors (Lipinski definition) is 3. The Labute approximate surface area is 138 Å². The molecule has 2 rings (SSSR count). The van der Waals surface area contributed by atoms with Crippen LogP contribution in [0.5, 0.6) is 0 Å². The Balaban J connectivity index is 2.31. The number of aryl methyl sites for hydroxylation is 2. The van der Waals surface area contributed by atoms with Crippen molar-refractivity contribution in [2.75, 3.05) is 7.05 Å². The van der Waals surface area contributed by atoms with Crippen LogP contribution in [-0.2, 0) is 13.5 Å². The molecule has 0 spiro atoms. The zero-order chi connectivity index (χ0) is 14.2. The summed E-state index contributed by atoms with van der Waals surface area (Å²) in [6.45, 7) is 1.93. The van der Waals surface area contributed by atoms with Crippen molar-refractivity contribution in [3.63, 3.8) is 0 Å². The molecule has 0 aliphatic carbocycles. The first-order chi connectivity index (χ1) is 8.93. The molecule has 3 nitrogen and oxygen atoms in total. The van der Waals surface area contributed by atoms with E-state index in [4.69, 9.17) is 11.6 Å². The third-order valence-corrected chi connectivity index (χ3v) is 5.94. The first kappa shape index (κ1) is 15.5. The minimum Gasteiger partial charge on any atom is -0.313 e. The molecule has 2 aromatic heterocycles. The van der Waals surface area contributed by atoms with Crippen molar-refractivity contribution in [2.45, 2.75) is 19.4 Å². The van der Waals surface area contributed by atoms with Crippen LogP contribution < -0.4 is 5.32 Å². The highest BCUT2D eigenvalue weighted by molar-refractivity contribution is 9.12. The second kappa shape index (κ2) is 6.26. The highest BCUT2D eigenvalue weighted by Gasteiger charge is 2.20. The van der Waals surface area contributed by atoms with Gasteiger partial charge in [0, 0.05) is 19.5 Å². The molecule has 7 heteroatoms. The average molecular weight is 428 g/mol. The van der Waals surface area contributed by atoms with Gasteiger partial charge in [0.15, 0.2) is 0 Å². The zero-order valence-corrected chi connectivity index (χ0v) is 15.5. The molecule has 0 aliphatic heterocycles. The Bertz CT molecular complexity index is 594. The molecule has 1 unspecified atom stereocenters. The summed E-state index contributed by atoms with van der Waals surface area (Å²) in [5.74, 6) is 0. The van der Waals surface area contributed by atoms with Gasteiger partial charge in [-0.1, -0.05) is 11.6 Å². The monoisotopic (exact) mass is 425 g/mol. The molecule has 0 aliphatic rings. The fourth-order valence-electron chi connectivity index (χ4n) is 2.05. The van der Waals surface area contributed by atoms with Crippen molar-refractivity contribution in [1.29, 1.82) is 0 Å². The van der Waals surface area contributed by atoms with Crippen LogP contribution in [0.15, 0.2) is 13.6 Å². The van der Waals surface area contributed by atoms with Gasteiger partial charge in [-0.25, -0.2) is 0 Å². The molecule has 0 saturated carbocycles. The average Bonchev–Trinajstić information content (AvgIpc) is 2.79. The van der Waals surface area contributed by atoms with E-state index < -0.39 is 0 Å². The molecule has 2 heterocycles. The van der Waals surface area contributed by atoms with Crippen LogP contribution in [0.3, 0.4) is 0 Å². The number of thiophene rings is 1. The molecule has 0 aromatic carbocycles. The molecule has 0 amide bonds. The van der Waals surface area contributed by atoms with Crippen molar-refractivity contribution in [3.05, 3.63) is 35.6 Å². The van der Waals surface area contributed by atoms with Crippen LogP contribution in [0.2, 0.25) is 5.02 Å². The van der Waals surface area contributed by atoms with Crippen molar-refractivity contribution in [1.82, 2.24) is 15.1 Å². The fraction of sp³-hybridized carbons (Fsp3) is 0.417. The summed E-state index contributed by atoms with van der Waals surface area (Å²) in [7, 11) is 3.89. The SMILES string of the molecule is CNC(Cc1c(Cl)c(C)nn1C)c1cc(Br)sc1Br. The summed E-state index contributed by atoms with van der Waals surface area (Å²) in [6, 6.07) is 2.33. The van der Waals surface area contributed by atoms with Crippen LogP contribution in [-0.4, -0.2) is 16.8 Å². The number of nitrogens with zero attached hydrogens (tertiary/aromatic N) is 2. The Hall–Kier alpha value is 0.120. The highest BCUT2D eigenvalue weighted by atomic mass is 79.9. The number of likely N-dealkylation sites (N-methyl/N-ethyl adjacent to an activating group) is 1. The van der Waals surface area contributed by atoms with Gasteiger partial charge in [0.2, 0.25) is 0 Å². The zero-order valence-electron chi connectivity index (χ0n) is 10.8. The Morgan fingerprint density at radius 1 is 1.53 bits per heavy atom. The third-order valence-electron chi connectivity index (χ3n) is 3.07. The Kier molecular flexibility index (Phi) is 5.11. The van der Waals surface area contributed by atoms with Gasteiger partial charge < -0.3 is 5.32 Å². The van der Waals surface area contributed by atoms with E-state index in [1.165, 1.54) is 5.56 Å². The van der Waals surface area contributed by atoms with Crippen LogP contribution in [0.25, 0.3) is 0 Å². The number of nitrogens with one attached hydrogen (secondary N) is 1. The second-order valence-corrected chi connectivity index (χ2v) is 8.42. The fourth-order valence-corrected chi connectivity index (χ4v) is 5.26. The largest absolute Gasteiger partial charge is 0.313 e. The molecule has 1 atom stereocenters. The maximum atomic E-state index is 6.32. The molecule has 0 bridgehead atoms. The lowest BCUT2D eigenvalue weighted by Crippen LogP contribution is -2.20. The standard InChI is InChI=1S/C12H14Br2ClN3S/c1-6-11(15)9(18(3)17-6)5-8(16-2)7-4-10(13)19-12(7)14/h4,8,16H,5H2,1-3H3. The summed E-state index contributed by atoms with van der Waals surface area (Å²) in [4.78, 5) is 0. The van der Waals surface area contributed by atoms with E-state index >= 15 is 0 Å². The van der Waals surface area contributed by atoms with Gasteiger partial charge in [-0.2, -0.15) is 5.10 Å². The van der Waals surface area contributed by atoms with Crippen molar-refractivity contribution >= 4 is 54.8 Å². The van der Waals surface area contributed by atoms with E-state index in [0.29, 0.717) is 0 Å². The van der Waals surface area contributed by atoms with Gasteiger partial charge >= 0.3 is 0 Å². The Morgan fingerprint density at radius 2 is 2.21 bits per heavy atom. The third kappa shape index (κ3) is 3.24. The minimum atomic E-state index is 0.198. The lowest BCUT2D eigenvalue weighted by Gasteiger charge is -2.16. The van der Waals surface area contributed by atoms with E-state index in [1.807, 2.05) is 25.7 Å². The minimum absolute atomic E-state index is 0.198. The van der Waals surface area contributed by atoms with Crippen LogP contribution in [0.1, 0.15) is 23.0 Å². The first-order valence-electron chi connectivity index (χ1n) is 5.74. The normalized spacial score (nSPS) is 12.9. The van der Waals surface area contributed by atoms with Gasteiger partial charge in [-0.15, -0.1) is 11.3 Å². The molecule has 104 valence electrons. The predicted octanol–water partition coefficient (Wildman–Crippen LogP) is 4.47. The smallest absolute Gasteiger partial charge is 0.0847 e. The van der Waals surface area contributed by atoms with E-state index in [1.54, 1.807) is 11.3 Å². The lowest BCUT2D eigenvalue weighted by molar-refractivity contribution is 0.561. The number of halogens is 3. The number of hydrogen-bond donors (Lipinski definition) is 1. The van der Waals surface area contributed by atoms with Gasteiger partial charge in [0.25, 0.3) is 0 Å². The molecular weight excluding hydrogens is 413 g/mol. The number of aromatic nitrogens is 2. The molecule has 2 aromatic rings. The van der Waals surface area contributed by atoms with Gasteiger partial charge in [0.1, 0.15) is 0 Å². The number of rotatable bonds is 4. The van der Waals surface area contributed by atoms with Crippen molar-refractivity contribution in [2.24, 2.45) is 7.05 Å². The molecule has 0 radical (unpaired) electrons. The molecular formula is C12H14Br2ClN3S. The van der Waals surface area contributed by atoms with Crippen molar-refractivity contribution in [3.8, 4) is 0 Å². The van der Waals surface area contributed by atoms with Gasteiger partial charge in [-0.05, 0) is 57.5 Å². The van der Waals surface area contributed by atoms with E-state index in [-0.39, 0.29) is 6.04 Å². The van der Waals surface area contributed by atoms with Gasteiger partial charge in [0.05, 0.1) is 24.0 Å². The summed E-state index contributed by atoms with van der Waals surface area (Å²) in [5, 5.41) is 8.46. The maximum Gasteiger partial charge on any atom is 0.0847 e. The summed E-state index contributed by atoms with van der Waals surface area (Å²) < 4.78 is 4.10. The lowest BCUT2D eigenvalue weighted by atomic mass is 10.1. The van der Waals surface area contributed by atoms with E-state index in [2.05, 4.69) is 48.3 Å². The highest BCUT2D eigenvalue weighted by Crippen LogP contribution is 2.37. The van der Waals surface area contributed by atoms with Crippen LogP contribution >= 0.6 is 54.8 Å². The Morgan fingerprint density at radius 3 is 2.63 bits per heavy atom. The molecule has 1 N–H and O–H groups in total.